The van der Waals surface area contributed by atoms with Gasteiger partial charge < -0.3 is 15.6 Å². The molecule has 2 heterocycles. The normalized spacial score (nSPS) is 11.9. The van der Waals surface area contributed by atoms with Crippen LogP contribution in [0.2, 0.25) is 10.0 Å². The largest absolute Gasteiger partial charge is 0.461 e. The second-order valence-corrected chi connectivity index (χ2v) is 8.15. The summed E-state index contributed by atoms with van der Waals surface area (Å²) in [5, 5.41) is 11.6. The van der Waals surface area contributed by atoms with Crippen LogP contribution < -0.4 is 11.2 Å². The molecule has 0 spiro atoms. The van der Waals surface area contributed by atoms with Crippen molar-refractivity contribution in [3.8, 4) is 11.6 Å². The molecule has 3 N–H and O–H groups in total. The molecule has 2 aromatic heterocycles. The molecule has 1 atom stereocenters. The SMILES string of the molecule is Nn1c(S[C@H](C(=O)Nc2cc(Cl)cc(Cl)c2)c2ccccc2)nnc1-c1ccco1. The average Bonchev–Trinajstić information content (AvgIpc) is 3.36. The number of hydrogen-bond acceptors (Lipinski definition) is 6. The van der Waals surface area contributed by atoms with E-state index in [2.05, 4.69) is 15.5 Å². The van der Waals surface area contributed by atoms with Crippen LogP contribution in [-0.4, -0.2) is 20.8 Å². The van der Waals surface area contributed by atoms with Gasteiger partial charge in [0.15, 0.2) is 5.76 Å². The Morgan fingerprint density at radius 1 is 1.07 bits per heavy atom. The molecule has 2 aromatic carbocycles. The molecule has 0 bridgehead atoms. The number of benzene rings is 2. The summed E-state index contributed by atoms with van der Waals surface area (Å²) in [4.78, 5) is 13.2. The van der Waals surface area contributed by atoms with E-state index < -0.39 is 5.25 Å². The third-order valence-corrected chi connectivity index (χ3v) is 5.75. The van der Waals surface area contributed by atoms with Crippen molar-refractivity contribution in [3.05, 3.63) is 82.5 Å². The predicted octanol–water partition coefficient (Wildman–Crippen LogP) is 5.03. The molecule has 0 aliphatic heterocycles. The number of nitrogens with one attached hydrogen (secondary N) is 1. The Hall–Kier alpha value is -2.94. The van der Waals surface area contributed by atoms with Crippen molar-refractivity contribution in [2.75, 3.05) is 11.2 Å². The number of halogens is 2. The van der Waals surface area contributed by atoms with Crippen molar-refractivity contribution in [1.82, 2.24) is 14.9 Å². The summed E-state index contributed by atoms with van der Waals surface area (Å²) in [7, 11) is 0. The fourth-order valence-electron chi connectivity index (χ4n) is 2.77. The average molecular weight is 460 g/mol. The van der Waals surface area contributed by atoms with E-state index in [0.717, 1.165) is 5.56 Å². The van der Waals surface area contributed by atoms with Gasteiger partial charge in [0.05, 0.1) is 6.26 Å². The quantitative estimate of drug-likeness (QED) is 0.309. The Morgan fingerprint density at radius 3 is 2.47 bits per heavy atom. The number of nitrogen functional groups attached to an aromatic ring is 1. The number of aromatic nitrogens is 3. The monoisotopic (exact) mass is 459 g/mol. The molecule has 0 aliphatic carbocycles. The summed E-state index contributed by atoms with van der Waals surface area (Å²) >= 11 is 13.3. The van der Waals surface area contributed by atoms with Crippen LogP contribution in [0.1, 0.15) is 10.8 Å². The maximum Gasteiger partial charge on any atom is 0.242 e. The molecule has 0 saturated carbocycles. The number of anilines is 1. The van der Waals surface area contributed by atoms with Crippen LogP contribution in [0.4, 0.5) is 5.69 Å². The lowest BCUT2D eigenvalue weighted by Gasteiger charge is -2.16. The van der Waals surface area contributed by atoms with E-state index in [1.165, 1.54) is 22.7 Å². The van der Waals surface area contributed by atoms with Crippen molar-refractivity contribution in [2.45, 2.75) is 10.4 Å². The molecule has 0 aliphatic rings. The van der Waals surface area contributed by atoms with Crippen molar-refractivity contribution < 1.29 is 9.21 Å². The number of rotatable bonds is 6. The fourth-order valence-corrected chi connectivity index (χ4v) is 4.26. The third-order valence-electron chi connectivity index (χ3n) is 4.10. The highest BCUT2D eigenvalue weighted by Gasteiger charge is 2.26. The molecule has 0 radical (unpaired) electrons. The Morgan fingerprint density at radius 2 is 1.80 bits per heavy atom. The van der Waals surface area contributed by atoms with Crippen molar-refractivity contribution in [3.63, 3.8) is 0 Å². The third kappa shape index (κ3) is 4.46. The minimum absolute atomic E-state index is 0.285. The molecular formula is C20H15Cl2N5O2S. The maximum atomic E-state index is 13.2. The van der Waals surface area contributed by atoms with E-state index in [-0.39, 0.29) is 5.91 Å². The highest BCUT2D eigenvalue weighted by molar-refractivity contribution is 8.00. The molecule has 0 saturated heterocycles. The van der Waals surface area contributed by atoms with Gasteiger partial charge in [-0.2, -0.15) is 0 Å². The van der Waals surface area contributed by atoms with Gasteiger partial charge in [0.1, 0.15) is 5.25 Å². The lowest BCUT2D eigenvalue weighted by atomic mass is 10.1. The highest BCUT2D eigenvalue weighted by Crippen LogP contribution is 2.36. The predicted molar refractivity (Wildman–Crippen MR) is 118 cm³/mol. The number of hydrogen-bond donors (Lipinski definition) is 2. The first-order chi connectivity index (χ1) is 14.5. The molecule has 4 aromatic rings. The molecule has 0 unspecified atom stereocenters. The van der Waals surface area contributed by atoms with Crippen LogP contribution in [0.5, 0.6) is 0 Å². The van der Waals surface area contributed by atoms with Crippen LogP contribution in [-0.2, 0) is 4.79 Å². The lowest BCUT2D eigenvalue weighted by molar-refractivity contribution is -0.115. The Kier molecular flexibility index (Phi) is 5.98. The summed E-state index contributed by atoms with van der Waals surface area (Å²) in [5.74, 6) is 6.71. The number of nitrogens with zero attached hydrogens (tertiary/aromatic N) is 3. The summed E-state index contributed by atoms with van der Waals surface area (Å²) < 4.78 is 6.63. The van der Waals surface area contributed by atoms with Crippen molar-refractivity contribution in [2.24, 2.45) is 0 Å². The minimum atomic E-state index is -0.653. The zero-order valence-electron chi connectivity index (χ0n) is 15.3. The van der Waals surface area contributed by atoms with Gasteiger partial charge in [-0.3, -0.25) is 4.79 Å². The van der Waals surface area contributed by atoms with E-state index in [9.17, 15) is 4.79 Å². The number of nitrogens with two attached hydrogens (primary N) is 1. The van der Waals surface area contributed by atoms with Crippen LogP contribution in [0.25, 0.3) is 11.6 Å². The number of thioether (sulfide) groups is 1. The van der Waals surface area contributed by atoms with E-state index in [0.29, 0.717) is 32.5 Å². The maximum absolute atomic E-state index is 13.2. The van der Waals surface area contributed by atoms with E-state index >= 15 is 0 Å². The Balaban J connectivity index is 1.63. The molecule has 30 heavy (non-hydrogen) atoms. The molecule has 4 rings (SSSR count). The topological polar surface area (TPSA) is 99.0 Å². The van der Waals surface area contributed by atoms with Crippen LogP contribution >= 0.6 is 35.0 Å². The van der Waals surface area contributed by atoms with Crippen LogP contribution in [0.3, 0.4) is 0 Å². The first-order valence-corrected chi connectivity index (χ1v) is 10.4. The van der Waals surface area contributed by atoms with Gasteiger partial charge >= 0.3 is 0 Å². The van der Waals surface area contributed by atoms with Crippen LogP contribution in [0, 0.1) is 0 Å². The van der Waals surface area contributed by atoms with Gasteiger partial charge in [-0.15, -0.1) is 10.2 Å². The number of carbonyl (C=O) groups excluding carboxylic acids is 1. The number of amides is 1. The van der Waals surface area contributed by atoms with Crippen LogP contribution in [0.15, 0.2) is 76.5 Å². The van der Waals surface area contributed by atoms with Gasteiger partial charge in [-0.1, -0.05) is 65.3 Å². The van der Waals surface area contributed by atoms with Gasteiger partial charge in [0.25, 0.3) is 0 Å². The smallest absolute Gasteiger partial charge is 0.242 e. The van der Waals surface area contributed by atoms with E-state index in [4.69, 9.17) is 33.5 Å². The summed E-state index contributed by atoms with van der Waals surface area (Å²) in [6, 6.07) is 17.6. The summed E-state index contributed by atoms with van der Waals surface area (Å²) in [6.45, 7) is 0. The van der Waals surface area contributed by atoms with Crippen molar-refractivity contribution in [1.29, 1.82) is 0 Å². The zero-order valence-corrected chi connectivity index (χ0v) is 17.7. The summed E-state index contributed by atoms with van der Waals surface area (Å²) in [5.41, 5.74) is 1.26. The highest BCUT2D eigenvalue weighted by atomic mass is 35.5. The molecular weight excluding hydrogens is 445 g/mol. The molecule has 152 valence electrons. The fraction of sp³-hybridized carbons (Fsp3) is 0.0500. The number of furan rings is 1. The molecule has 7 nitrogen and oxygen atoms in total. The van der Waals surface area contributed by atoms with Gasteiger partial charge in [0.2, 0.25) is 16.9 Å². The molecule has 10 heteroatoms. The second-order valence-electron chi connectivity index (χ2n) is 6.21. The first-order valence-electron chi connectivity index (χ1n) is 8.74. The van der Waals surface area contributed by atoms with Gasteiger partial charge in [-0.05, 0) is 35.9 Å². The second kappa shape index (κ2) is 8.83. The van der Waals surface area contributed by atoms with Crippen molar-refractivity contribution >= 4 is 46.6 Å². The molecule has 1 amide bonds. The summed E-state index contributed by atoms with van der Waals surface area (Å²) in [6.07, 6.45) is 1.52. The lowest BCUT2D eigenvalue weighted by Crippen LogP contribution is -2.20. The Labute approximate surface area is 186 Å². The molecule has 0 fully saturated rings. The van der Waals surface area contributed by atoms with E-state index in [1.807, 2.05) is 30.3 Å². The van der Waals surface area contributed by atoms with E-state index in [1.54, 1.807) is 30.3 Å². The number of carbonyl (C=O) groups is 1. The first kappa shape index (κ1) is 20.3. The standard InChI is InChI=1S/C20H15Cl2N5O2S/c21-13-9-14(22)11-15(10-13)24-19(28)17(12-5-2-1-3-6-12)30-20-26-25-18(27(20)23)16-7-4-8-29-16/h1-11,17H,23H2,(H,24,28)/t17-/m0/s1. The van der Waals surface area contributed by atoms with Gasteiger partial charge in [-0.25, -0.2) is 4.68 Å². The van der Waals surface area contributed by atoms with Gasteiger partial charge in [0, 0.05) is 15.7 Å². The zero-order chi connectivity index (χ0) is 21.1. The minimum Gasteiger partial charge on any atom is -0.461 e. The Bertz CT molecular complexity index is 1150.